The van der Waals surface area contributed by atoms with Gasteiger partial charge >= 0.3 is 10.2 Å². The molecule has 0 aliphatic carbocycles. The Morgan fingerprint density at radius 2 is 1.35 bits per heavy atom. The van der Waals surface area contributed by atoms with Crippen LogP contribution in [0, 0.1) is 5.92 Å². The molecule has 0 bridgehead atoms. The van der Waals surface area contributed by atoms with Crippen molar-refractivity contribution in [2.24, 2.45) is 5.92 Å². The molecule has 0 fully saturated rings. The van der Waals surface area contributed by atoms with Crippen molar-refractivity contribution < 1.29 is 20.7 Å². The maximum atomic E-state index is 12.8. The first-order valence-electron chi connectivity index (χ1n) is 6.00. The minimum Gasteiger partial charge on any atom is -0.207 e. The van der Waals surface area contributed by atoms with Gasteiger partial charge in [-0.1, -0.05) is 13.8 Å². The van der Waals surface area contributed by atoms with Crippen LogP contribution < -0.4 is 0 Å². The van der Waals surface area contributed by atoms with Gasteiger partial charge in [0.05, 0.1) is 9.79 Å². The summed E-state index contributed by atoms with van der Waals surface area (Å²) >= 11 is 0. The number of halogens is 1. The highest BCUT2D eigenvalue weighted by atomic mass is 32.3. The van der Waals surface area contributed by atoms with E-state index in [0.29, 0.717) is 0 Å². The molecule has 5 nitrogen and oxygen atoms in total. The number of rotatable bonds is 5. The highest BCUT2D eigenvalue weighted by Gasteiger charge is 2.27. The Balaban J connectivity index is 3.17. The summed E-state index contributed by atoms with van der Waals surface area (Å²) < 4.78 is 60.0. The third kappa shape index (κ3) is 3.56. The average Bonchev–Trinajstić information content (AvgIpc) is 2.35. The topological polar surface area (TPSA) is 71.5 Å². The minimum atomic E-state index is -4.82. The van der Waals surface area contributed by atoms with E-state index in [0.717, 1.165) is 24.3 Å². The van der Waals surface area contributed by atoms with Gasteiger partial charge < -0.3 is 0 Å². The molecule has 1 aromatic carbocycles. The maximum absolute atomic E-state index is 12.8. The molecule has 0 spiro atoms. The largest absolute Gasteiger partial charge is 0.332 e. The molecule has 0 aliphatic rings. The highest BCUT2D eigenvalue weighted by molar-refractivity contribution is 7.89. The second-order valence-electron chi connectivity index (χ2n) is 4.92. The molecule has 1 unspecified atom stereocenters. The molecule has 114 valence electrons. The van der Waals surface area contributed by atoms with Crippen LogP contribution in [0.1, 0.15) is 20.8 Å². The Hall–Kier alpha value is -0.990. The van der Waals surface area contributed by atoms with Gasteiger partial charge in [-0.3, -0.25) is 0 Å². The Morgan fingerprint density at radius 3 is 1.70 bits per heavy atom. The Labute approximate surface area is 119 Å². The number of hydrogen-bond acceptors (Lipinski definition) is 4. The van der Waals surface area contributed by atoms with Crippen LogP contribution in [0.4, 0.5) is 3.89 Å². The molecular formula is C12H18FNO4S2. The fourth-order valence-electron chi connectivity index (χ4n) is 1.58. The van der Waals surface area contributed by atoms with Crippen LogP contribution in [0.5, 0.6) is 0 Å². The van der Waals surface area contributed by atoms with E-state index in [1.165, 1.54) is 11.4 Å². The van der Waals surface area contributed by atoms with E-state index >= 15 is 0 Å². The summed E-state index contributed by atoms with van der Waals surface area (Å²) in [7, 11) is -7.09. The lowest BCUT2D eigenvalue weighted by atomic mass is 10.1. The molecule has 0 amide bonds. The van der Waals surface area contributed by atoms with Crippen molar-refractivity contribution in [3.63, 3.8) is 0 Å². The van der Waals surface area contributed by atoms with Crippen LogP contribution in [0.15, 0.2) is 34.1 Å². The summed E-state index contributed by atoms with van der Waals surface area (Å²) in [6.45, 7) is 5.58. The van der Waals surface area contributed by atoms with Crippen molar-refractivity contribution in [2.45, 2.75) is 36.6 Å². The molecule has 20 heavy (non-hydrogen) atoms. The minimum absolute atomic E-state index is 0.0695. The van der Waals surface area contributed by atoms with Crippen molar-refractivity contribution in [3.05, 3.63) is 24.3 Å². The zero-order chi connectivity index (χ0) is 15.7. The summed E-state index contributed by atoms with van der Waals surface area (Å²) in [5, 5.41) is 0. The SMILES string of the molecule is CC(C)C(C)N(C)S(=O)(=O)c1ccc(S(=O)(=O)F)cc1. The summed E-state index contributed by atoms with van der Waals surface area (Å²) in [5.41, 5.74) is 0. The number of hydrogen-bond donors (Lipinski definition) is 0. The Bertz CT molecular complexity index is 666. The number of nitrogens with zero attached hydrogens (tertiary/aromatic N) is 1. The highest BCUT2D eigenvalue weighted by Crippen LogP contribution is 2.22. The monoisotopic (exact) mass is 323 g/mol. The molecule has 0 radical (unpaired) electrons. The molecule has 1 aromatic rings. The molecule has 0 saturated heterocycles. The quantitative estimate of drug-likeness (QED) is 0.777. The van der Waals surface area contributed by atoms with Gasteiger partial charge in [-0.25, -0.2) is 8.42 Å². The maximum Gasteiger partial charge on any atom is 0.332 e. The third-order valence-electron chi connectivity index (χ3n) is 3.32. The second-order valence-corrected chi connectivity index (χ2v) is 8.26. The van der Waals surface area contributed by atoms with Crippen LogP contribution in [0.25, 0.3) is 0 Å². The lowest BCUT2D eigenvalue weighted by molar-refractivity contribution is 0.316. The van der Waals surface area contributed by atoms with E-state index in [9.17, 15) is 20.7 Å². The second kappa shape index (κ2) is 5.79. The fourth-order valence-corrected chi connectivity index (χ4v) is 3.53. The van der Waals surface area contributed by atoms with Crippen molar-refractivity contribution in [2.75, 3.05) is 7.05 Å². The van der Waals surface area contributed by atoms with Gasteiger partial charge in [-0.05, 0) is 37.1 Å². The first-order valence-corrected chi connectivity index (χ1v) is 8.83. The van der Waals surface area contributed by atoms with Gasteiger partial charge in [0.2, 0.25) is 10.0 Å². The van der Waals surface area contributed by atoms with Crippen LogP contribution in [-0.4, -0.2) is 34.2 Å². The predicted molar refractivity (Wildman–Crippen MR) is 74.0 cm³/mol. The van der Waals surface area contributed by atoms with E-state index in [4.69, 9.17) is 0 Å². The van der Waals surface area contributed by atoms with Crippen molar-refractivity contribution in [1.29, 1.82) is 0 Å². The van der Waals surface area contributed by atoms with E-state index in [2.05, 4.69) is 0 Å². The molecule has 1 rings (SSSR count). The van der Waals surface area contributed by atoms with E-state index in [1.54, 1.807) is 6.92 Å². The van der Waals surface area contributed by atoms with Crippen molar-refractivity contribution in [1.82, 2.24) is 4.31 Å². The average molecular weight is 323 g/mol. The molecule has 0 N–H and O–H groups in total. The summed E-state index contributed by atoms with van der Waals surface area (Å²) in [6, 6.07) is 3.84. The lowest BCUT2D eigenvalue weighted by Gasteiger charge is -2.27. The Morgan fingerprint density at radius 1 is 0.950 bits per heavy atom. The summed E-state index contributed by atoms with van der Waals surface area (Å²) in [6.07, 6.45) is 0. The van der Waals surface area contributed by atoms with Gasteiger partial charge in [0, 0.05) is 13.1 Å². The molecule has 0 aromatic heterocycles. The van der Waals surface area contributed by atoms with Gasteiger partial charge in [0.25, 0.3) is 0 Å². The molecule has 0 aliphatic heterocycles. The van der Waals surface area contributed by atoms with Gasteiger partial charge in [0.15, 0.2) is 0 Å². The summed E-state index contributed by atoms with van der Waals surface area (Å²) in [4.78, 5) is -0.629. The zero-order valence-electron chi connectivity index (χ0n) is 11.7. The van der Waals surface area contributed by atoms with Crippen LogP contribution in [0.2, 0.25) is 0 Å². The van der Waals surface area contributed by atoms with Crippen molar-refractivity contribution in [3.8, 4) is 0 Å². The lowest BCUT2D eigenvalue weighted by Crippen LogP contribution is -2.38. The van der Waals surface area contributed by atoms with Gasteiger partial charge in [-0.15, -0.1) is 3.89 Å². The van der Waals surface area contributed by atoms with Gasteiger partial charge in [0.1, 0.15) is 0 Å². The number of benzene rings is 1. The predicted octanol–water partition coefficient (Wildman–Crippen LogP) is 2.01. The first-order chi connectivity index (χ1) is 8.98. The molecule has 8 heteroatoms. The molecular weight excluding hydrogens is 305 g/mol. The van der Waals surface area contributed by atoms with E-state index < -0.39 is 25.1 Å². The van der Waals surface area contributed by atoms with Crippen LogP contribution >= 0.6 is 0 Å². The van der Waals surface area contributed by atoms with Crippen LogP contribution in [-0.2, 0) is 20.2 Å². The van der Waals surface area contributed by atoms with E-state index in [1.807, 2.05) is 13.8 Å². The zero-order valence-corrected chi connectivity index (χ0v) is 13.4. The third-order valence-corrected chi connectivity index (χ3v) is 6.11. The first kappa shape index (κ1) is 17.1. The Kier molecular flexibility index (Phi) is 4.94. The molecule has 0 heterocycles. The smallest absolute Gasteiger partial charge is 0.207 e. The molecule has 0 saturated carbocycles. The fraction of sp³-hybridized carbons (Fsp3) is 0.500. The normalized spacial score (nSPS) is 14.8. The van der Waals surface area contributed by atoms with Gasteiger partial charge in [-0.2, -0.15) is 12.7 Å². The van der Waals surface area contributed by atoms with E-state index in [-0.39, 0.29) is 16.9 Å². The van der Waals surface area contributed by atoms with Crippen LogP contribution in [0.3, 0.4) is 0 Å². The standard InChI is InChI=1S/C12H18FNO4S2/c1-9(2)10(3)14(4)20(17,18)12-7-5-11(6-8-12)19(13,15)16/h5-10H,1-4H3. The molecule has 1 atom stereocenters. The summed E-state index contributed by atoms with van der Waals surface area (Å²) in [5.74, 6) is 0.125. The number of sulfonamides is 1. The van der Waals surface area contributed by atoms with Crippen molar-refractivity contribution >= 4 is 20.2 Å².